The van der Waals surface area contributed by atoms with Crippen LogP contribution < -0.4 is 0 Å². The van der Waals surface area contributed by atoms with Crippen molar-refractivity contribution in [1.82, 2.24) is 9.88 Å². The van der Waals surface area contributed by atoms with Crippen LogP contribution in [0.2, 0.25) is 0 Å². The molecule has 132 valence electrons. The van der Waals surface area contributed by atoms with Gasteiger partial charge in [-0.25, -0.2) is 0 Å². The zero-order valence-electron chi connectivity index (χ0n) is 15.1. The zero-order valence-corrected chi connectivity index (χ0v) is 15.1. The summed E-state index contributed by atoms with van der Waals surface area (Å²) in [5.74, 6) is 0.00218. The molecule has 1 N–H and O–H groups in total. The second kappa shape index (κ2) is 8.10. The smallest absolute Gasteiger partial charge is 0.275 e. The van der Waals surface area contributed by atoms with Gasteiger partial charge < -0.3 is 9.88 Å². The molecule has 0 unspecified atom stereocenters. The summed E-state index contributed by atoms with van der Waals surface area (Å²) in [4.78, 5) is 27.2. The summed E-state index contributed by atoms with van der Waals surface area (Å²) in [5, 5.41) is 1.12. The molecule has 0 bridgehead atoms. The van der Waals surface area contributed by atoms with Gasteiger partial charge in [0.1, 0.15) is 12.4 Å². The summed E-state index contributed by atoms with van der Waals surface area (Å²) in [5.41, 5.74) is 3.13. The van der Waals surface area contributed by atoms with E-state index in [1.807, 2.05) is 23.1 Å². The van der Waals surface area contributed by atoms with Crippen molar-refractivity contribution in [2.45, 2.75) is 39.5 Å². The summed E-state index contributed by atoms with van der Waals surface area (Å²) >= 11 is 0. The quantitative estimate of drug-likeness (QED) is 0.577. The average Bonchev–Trinajstić information content (AvgIpc) is 3.21. The molecule has 1 aliphatic rings. The van der Waals surface area contributed by atoms with Crippen LogP contribution in [0.15, 0.2) is 40.3 Å². The van der Waals surface area contributed by atoms with Gasteiger partial charge in [-0.15, -0.1) is 0 Å². The predicted octanol–water partition coefficient (Wildman–Crippen LogP) is 3.80. The third-order valence-electron chi connectivity index (χ3n) is 4.46. The fourth-order valence-electron chi connectivity index (χ4n) is 2.97. The van der Waals surface area contributed by atoms with Crippen LogP contribution in [-0.2, 0) is 4.79 Å². The molecule has 1 aromatic carbocycles. The maximum Gasteiger partial charge on any atom is 0.275 e. The second-order valence-corrected chi connectivity index (χ2v) is 6.42. The van der Waals surface area contributed by atoms with Crippen molar-refractivity contribution in [2.24, 2.45) is 9.98 Å². The van der Waals surface area contributed by atoms with Crippen molar-refractivity contribution in [3.8, 4) is 0 Å². The first kappa shape index (κ1) is 17.4. The Kier molecular flexibility index (Phi) is 5.64. The lowest BCUT2D eigenvalue weighted by molar-refractivity contribution is -0.122. The Balaban J connectivity index is 1.90. The van der Waals surface area contributed by atoms with Crippen molar-refractivity contribution in [1.29, 1.82) is 0 Å². The molecule has 5 heteroatoms. The molecule has 2 heterocycles. The van der Waals surface area contributed by atoms with E-state index in [9.17, 15) is 4.79 Å². The number of nitrogens with one attached hydrogen (secondary N) is 1. The number of aliphatic imine (C=N–C) groups is 2. The minimum absolute atomic E-state index is 0.00218. The van der Waals surface area contributed by atoms with E-state index in [4.69, 9.17) is 4.99 Å². The Morgan fingerprint density at radius 3 is 2.80 bits per heavy atom. The molecule has 0 saturated carbocycles. The lowest BCUT2D eigenvalue weighted by Crippen LogP contribution is -2.34. The first-order valence-electron chi connectivity index (χ1n) is 9.21. The summed E-state index contributed by atoms with van der Waals surface area (Å²) in [7, 11) is 0. The SMILES string of the molecule is CCCCN=C(C1=NCN(CCCC)C1=O)c1cc2ccccc2[nH]1. The number of aromatic nitrogens is 1. The van der Waals surface area contributed by atoms with E-state index in [0.29, 0.717) is 24.6 Å². The molecular weight excluding hydrogens is 312 g/mol. The van der Waals surface area contributed by atoms with E-state index in [0.717, 1.165) is 48.8 Å². The standard InChI is InChI=1S/C20H26N4O/c1-3-5-11-21-18(17-13-15-9-7-8-10-16(15)23-17)19-20(25)24(14-22-19)12-6-4-2/h7-10,13,23H,3-6,11-12,14H2,1-2H3. The number of carbonyl (C=O) groups is 1. The Bertz CT molecular complexity index is 770. The van der Waals surface area contributed by atoms with Crippen LogP contribution >= 0.6 is 0 Å². The van der Waals surface area contributed by atoms with Crippen LogP contribution in [0.3, 0.4) is 0 Å². The highest BCUT2D eigenvalue weighted by molar-refractivity contribution is 6.70. The number of hydrogen-bond donors (Lipinski definition) is 1. The van der Waals surface area contributed by atoms with E-state index in [1.54, 1.807) is 0 Å². The molecule has 0 atom stereocenters. The molecular formula is C20H26N4O. The molecule has 1 aliphatic heterocycles. The fourth-order valence-corrected chi connectivity index (χ4v) is 2.97. The largest absolute Gasteiger partial charge is 0.353 e. The molecule has 0 saturated heterocycles. The van der Waals surface area contributed by atoms with Crippen molar-refractivity contribution in [3.05, 3.63) is 36.0 Å². The molecule has 0 spiro atoms. The van der Waals surface area contributed by atoms with Crippen LogP contribution in [0.1, 0.15) is 45.2 Å². The first-order valence-corrected chi connectivity index (χ1v) is 9.21. The van der Waals surface area contributed by atoms with Crippen LogP contribution in [0.4, 0.5) is 0 Å². The van der Waals surface area contributed by atoms with Crippen molar-refractivity contribution in [3.63, 3.8) is 0 Å². The highest BCUT2D eigenvalue weighted by Gasteiger charge is 2.30. The number of fused-ring (bicyclic) bond motifs is 1. The van der Waals surface area contributed by atoms with Crippen molar-refractivity contribution < 1.29 is 4.79 Å². The van der Waals surface area contributed by atoms with Crippen LogP contribution in [0.25, 0.3) is 10.9 Å². The summed E-state index contributed by atoms with van der Waals surface area (Å²) in [6, 6.07) is 10.2. The molecule has 1 amide bonds. The van der Waals surface area contributed by atoms with Gasteiger partial charge in [0, 0.05) is 24.0 Å². The van der Waals surface area contributed by atoms with Gasteiger partial charge >= 0.3 is 0 Å². The molecule has 0 aliphatic carbocycles. The van der Waals surface area contributed by atoms with E-state index in [-0.39, 0.29) is 5.91 Å². The summed E-state index contributed by atoms with van der Waals surface area (Å²) < 4.78 is 0. The number of aromatic amines is 1. The maximum atomic E-state index is 12.8. The van der Waals surface area contributed by atoms with E-state index < -0.39 is 0 Å². The lowest BCUT2D eigenvalue weighted by Gasteiger charge is -2.14. The van der Waals surface area contributed by atoms with Crippen LogP contribution in [0, 0.1) is 0 Å². The van der Waals surface area contributed by atoms with Gasteiger partial charge in [-0.05, 0) is 25.0 Å². The Morgan fingerprint density at radius 2 is 2.04 bits per heavy atom. The topological polar surface area (TPSA) is 60.8 Å². The molecule has 3 rings (SSSR count). The second-order valence-electron chi connectivity index (χ2n) is 6.42. The van der Waals surface area contributed by atoms with Crippen molar-refractivity contribution in [2.75, 3.05) is 19.8 Å². The third-order valence-corrected chi connectivity index (χ3v) is 4.46. The molecule has 0 fully saturated rings. The minimum Gasteiger partial charge on any atom is -0.353 e. The van der Waals surface area contributed by atoms with Gasteiger partial charge in [-0.1, -0.05) is 44.9 Å². The number of unbranched alkanes of at least 4 members (excludes halogenated alkanes) is 2. The molecule has 5 nitrogen and oxygen atoms in total. The number of rotatable bonds is 8. The zero-order chi connectivity index (χ0) is 17.6. The van der Waals surface area contributed by atoms with Gasteiger partial charge in [0.05, 0.1) is 5.69 Å². The van der Waals surface area contributed by atoms with Gasteiger partial charge in [0.25, 0.3) is 5.91 Å². The Morgan fingerprint density at radius 1 is 1.24 bits per heavy atom. The number of para-hydroxylation sites is 1. The van der Waals surface area contributed by atoms with Crippen LogP contribution in [0.5, 0.6) is 0 Å². The number of amides is 1. The van der Waals surface area contributed by atoms with Gasteiger partial charge in [-0.2, -0.15) is 0 Å². The van der Waals surface area contributed by atoms with Gasteiger partial charge in [0.15, 0.2) is 5.71 Å². The highest BCUT2D eigenvalue weighted by atomic mass is 16.2. The number of carbonyl (C=O) groups excluding carboxylic acids is 1. The maximum absolute atomic E-state index is 12.8. The number of hydrogen-bond acceptors (Lipinski definition) is 3. The highest BCUT2D eigenvalue weighted by Crippen LogP contribution is 2.18. The molecule has 25 heavy (non-hydrogen) atoms. The molecule has 0 radical (unpaired) electrons. The number of H-pyrrole nitrogens is 1. The van der Waals surface area contributed by atoms with Crippen LogP contribution in [-0.4, -0.2) is 47.0 Å². The third kappa shape index (κ3) is 3.81. The van der Waals surface area contributed by atoms with Gasteiger partial charge in [0.2, 0.25) is 0 Å². The number of nitrogens with zero attached hydrogens (tertiary/aromatic N) is 3. The van der Waals surface area contributed by atoms with E-state index in [2.05, 4.69) is 36.0 Å². The molecule has 2 aromatic rings. The molecule has 1 aromatic heterocycles. The summed E-state index contributed by atoms with van der Waals surface area (Å²) in [6.07, 6.45) is 4.15. The lowest BCUT2D eigenvalue weighted by atomic mass is 10.1. The van der Waals surface area contributed by atoms with E-state index in [1.165, 1.54) is 0 Å². The van der Waals surface area contributed by atoms with Crippen molar-refractivity contribution >= 4 is 28.2 Å². The van der Waals surface area contributed by atoms with E-state index >= 15 is 0 Å². The average molecular weight is 338 g/mol. The van der Waals surface area contributed by atoms with Gasteiger partial charge in [-0.3, -0.25) is 14.8 Å². The Hall–Kier alpha value is -2.43. The fraction of sp³-hybridized carbons (Fsp3) is 0.450. The Labute approximate surface area is 148 Å². The predicted molar refractivity (Wildman–Crippen MR) is 104 cm³/mol. The first-order chi connectivity index (χ1) is 12.2. The number of benzene rings is 1. The normalized spacial score (nSPS) is 15.3. The minimum atomic E-state index is 0.00218. The monoisotopic (exact) mass is 338 g/mol. The summed E-state index contributed by atoms with van der Waals surface area (Å²) in [6.45, 7) is 6.19.